The fourth-order valence-electron chi connectivity index (χ4n) is 4.39. The molecule has 2 fully saturated rings. The van der Waals surface area contributed by atoms with Crippen LogP contribution in [0.2, 0.25) is 0 Å². The van der Waals surface area contributed by atoms with Gasteiger partial charge in [-0.25, -0.2) is 13.2 Å². The average molecular weight is 404 g/mol. The minimum Gasteiger partial charge on any atom is -0.508 e. The lowest BCUT2D eigenvalue weighted by Crippen LogP contribution is -2.49. The molecule has 1 amide bonds. The van der Waals surface area contributed by atoms with Gasteiger partial charge in [-0.3, -0.25) is 9.69 Å². The van der Waals surface area contributed by atoms with Crippen LogP contribution in [0.25, 0.3) is 0 Å². The van der Waals surface area contributed by atoms with Crippen LogP contribution in [0.15, 0.2) is 42.5 Å². The number of alkyl halides is 1. The molecule has 2 heterocycles. The van der Waals surface area contributed by atoms with E-state index in [1.807, 2.05) is 4.90 Å². The van der Waals surface area contributed by atoms with Gasteiger partial charge >= 0.3 is 0 Å². The molecule has 0 radical (unpaired) electrons. The Labute approximate surface area is 167 Å². The topological polar surface area (TPSA) is 43.8 Å². The molecule has 2 saturated heterocycles. The molecule has 154 valence electrons. The Kier molecular flexibility index (Phi) is 5.50. The van der Waals surface area contributed by atoms with Gasteiger partial charge in [0.1, 0.15) is 11.9 Å². The Morgan fingerprint density at radius 1 is 1.00 bits per heavy atom. The number of carbonyl (C=O) groups is 1. The third-order valence-corrected chi connectivity index (χ3v) is 5.96. The highest BCUT2D eigenvalue weighted by Gasteiger charge is 2.40. The lowest BCUT2D eigenvalue weighted by Gasteiger charge is -2.37. The minimum absolute atomic E-state index is 0.0926. The molecule has 2 aromatic rings. The molecule has 4 nitrogen and oxygen atoms in total. The van der Waals surface area contributed by atoms with E-state index in [0.717, 1.165) is 17.7 Å². The zero-order valence-corrected chi connectivity index (χ0v) is 15.9. The Hall–Kier alpha value is -2.54. The smallest absolute Gasteiger partial charge is 0.240 e. The molecule has 1 N–H and O–H groups in total. The molecule has 29 heavy (non-hydrogen) atoms. The van der Waals surface area contributed by atoms with Crippen molar-refractivity contribution in [1.82, 2.24) is 9.80 Å². The van der Waals surface area contributed by atoms with Gasteiger partial charge < -0.3 is 10.0 Å². The maximum atomic E-state index is 14.9. The van der Waals surface area contributed by atoms with Crippen molar-refractivity contribution in [3.05, 3.63) is 65.2 Å². The van der Waals surface area contributed by atoms with E-state index in [0.29, 0.717) is 31.5 Å². The molecule has 3 atom stereocenters. The van der Waals surface area contributed by atoms with Crippen LogP contribution in [0.5, 0.6) is 5.75 Å². The number of phenols is 1. The highest BCUT2D eigenvalue weighted by Crippen LogP contribution is 2.33. The second kappa shape index (κ2) is 8.06. The Balaban J connectivity index is 1.38. The van der Waals surface area contributed by atoms with Crippen molar-refractivity contribution in [3.8, 4) is 5.75 Å². The summed E-state index contributed by atoms with van der Waals surface area (Å²) in [5, 5.41) is 9.41. The highest BCUT2D eigenvalue weighted by molar-refractivity contribution is 5.84. The molecule has 0 aliphatic carbocycles. The van der Waals surface area contributed by atoms with Crippen LogP contribution in [0.3, 0.4) is 0 Å². The van der Waals surface area contributed by atoms with Gasteiger partial charge in [-0.2, -0.15) is 0 Å². The van der Waals surface area contributed by atoms with Crippen molar-refractivity contribution >= 4 is 5.91 Å². The number of piperidine rings is 1. The number of hydrogen-bond acceptors (Lipinski definition) is 3. The summed E-state index contributed by atoms with van der Waals surface area (Å²) >= 11 is 0. The van der Waals surface area contributed by atoms with Gasteiger partial charge in [0.25, 0.3) is 0 Å². The third-order valence-electron chi connectivity index (χ3n) is 5.96. The first-order chi connectivity index (χ1) is 13.9. The van der Waals surface area contributed by atoms with Crippen LogP contribution < -0.4 is 0 Å². The van der Waals surface area contributed by atoms with Gasteiger partial charge in [0.2, 0.25) is 5.91 Å². The van der Waals surface area contributed by atoms with Crippen LogP contribution in [0, 0.1) is 11.6 Å². The van der Waals surface area contributed by atoms with Crippen LogP contribution >= 0.6 is 0 Å². The Bertz CT molecular complexity index is 890. The van der Waals surface area contributed by atoms with E-state index in [-0.39, 0.29) is 36.7 Å². The molecule has 2 aromatic carbocycles. The number of likely N-dealkylation sites (tertiary alicyclic amines) is 2. The molecular formula is C22H23F3N2O2. The summed E-state index contributed by atoms with van der Waals surface area (Å²) < 4.78 is 41.4. The number of halogens is 3. The number of phenolic OH excluding ortho intramolecular Hbond substituents is 1. The summed E-state index contributed by atoms with van der Waals surface area (Å²) in [5.74, 6) is -2.03. The van der Waals surface area contributed by atoms with E-state index in [4.69, 9.17) is 0 Å². The molecule has 2 aliphatic rings. The van der Waals surface area contributed by atoms with Crippen LogP contribution in [-0.2, 0) is 11.3 Å². The molecule has 0 bridgehead atoms. The average Bonchev–Trinajstić information content (AvgIpc) is 3.06. The number of aromatic hydroxyl groups is 1. The SMILES string of the molecule is O=C1C(N2CC[C@@H](c3ccc(O)cc3)[C@H](F)C2)CCN1Cc1ccc(F)c(F)c1. The monoisotopic (exact) mass is 404 g/mol. The van der Waals surface area contributed by atoms with Gasteiger partial charge in [0.15, 0.2) is 11.6 Å². The predicted molar refractivity (Wildman–Crippen MR) is 102 cm³/mol. The van der Waals surface area contributed by atoms with Crippen LogP contribution in [-0.4, -0.2) is 52.7 Å². The van der Waals surface area contributed by atoms with E-state index in [9.17, 15) is 23.1 Å². The van der Waals surface area contributed by atoms with Crippen molar-refractivity contribution in [3.63, 3.8) is 0 Å². The number of nitrogens with zero attached hydrogens (tertiary/aromatic N) is 2. The quantitative estimate of drug-likeness (QED) is 0.847. The fourth-order valence-corrected chi connectivity index (χ4v) is 4.39. The normalized spacial score (nSPS) is 25.6. The molecule has 4 rings (SSSR count). The number of carbonyl (C=O) groups excluding carboxylic acids is 1. The zero-order valence-electron chi connectivity index (χ0n) is 15.9. The molecule has 2 aliphatic heterocycles. The summed E-state index contributed by atoms with van der Waals surface area (Å²) in [6.45, 7) is 1.52. The summed E-state index contributed by atoms with van der Waals surface area (Å²) in [4.78, 5) is 16.3. The Morgan fingerprint density at radius 2 is 1.76 bits per heavy atom. The molecule has 7 heteroatoms. The van der Waals surface area contributed by atoms with E-state index in [1.54, 1.807) is 29.2 Å². The molecule has 0 aromatic heterocycles. The maximum absolute atomic E-state index is 14.9. The van der Waals surface area contributed by atoms with Gasteiger partial charge in [-0.15, -0.1) is 0 Å². The third kappa shape index (κ3) is 4.10. The maximum Gasteiger partial charge on any atom is 0.240 e. The van der Waals surface area contributed by atoms with Gasteiger partial charge in [-0.1, -0.05) is 18.2 Å². The van der Waals surface area contributed by atoms with Crippen molar-refractivity contribution in [2.24, 2.45) is 0 Å². The molecular weight excluding hydrogens is 381 g/mol. The van der Waals surface area contributed by atoms with Crippen LogP contribution in [0.4, 0.5) is 13.2 Å². The minimum atomic E-state index is -1.10. The molecule has 1 unspecified atom stereocenters. The lowest BCUT2D eigenvalue weighted by molar-refractivity contribution is -0.133. The summed E-state index contributed by atoms with van der Waals surface area (Å²) in [5.41, 5.74) is 1.39. The summed E-state index contributed by atoms with van der Waals surface area (Å²) in [7, 11) is 0. The van der Waals surface area contributed by atoms with Crippen molar-refractivity contribution < 1.29 is 23.1 Å². The number of hydrogen-bond donors (Lipinski definition) is 1. The number of benzene rings is 2. The van der Waals surface area contributed by atoms with Crippen LogP contribution in [0.1, 0.15) is 29.9 Å². The first-order valence-electron chi connectivity index (χ1n) is 9.82. The van der Waals surface area contributed by atoms with Gasteiger partial charge in [0.05, 0.1) is 6.04 Å². The summed E-state index contributed by atoms with van der Waals surface area (Å²) in [6, 6.07) is 9.87. The van der Waals surface area contributed by atoms with Crippen molar-refractivity contribution in [2.45, 2.75) is 37.5 Å². The number of rotatable bonds is 4. The fraction of sp³-hybridized carbons (Fsp3) is 0.409. The molecule has 0 saturated carbocycles. The highest BCUT2D eigenvalue weighted by atomic mass is 19.2. The second-order valence-corrected chi connectivity index (χ2v) is 7.81. The Morgan fingerprint density at radius 3 is 2.45 bits per heavy atom. The van der Waals surface area contributed by atoms with Gasteiger partial charge in [-0.05, 0) is 54.8 Å². The first kappa shape index (κ1) is 19.8. The van der Waals surface area contributed by atoms with E-state index < -0.39 is 17.8 Å². The van der Waals surface area contributed by atoms with Crippen molar-refractivity contribution in [1.29, 1.82) is 0 Å². The zero-order chi connectivity index (χ0) is 20.5. The number of amides is 1. The van der Waals surface area contributed by atoms with E-state index in [1.165, 1.54) is 6.07 Å². The van der Waals surface area contributed by atoms with Crippen molar-refractivity contribution in [2.75, 3.05) is 19.6 Å². The second-order valence-electron chi connectivity index (χ2n) is 7.81. The first-order valence-corrected chi connectivity index (χ1v) is 9.82. The predicted octanol–water partition coefficient (Wildman–Crippen LogP) is 3.60. The van der Waals surface area contributed by atoms with E-state index in [2.05, 4.69) is 0 Å². The molecule has 0 spiro atoms. The van der Waals surface area contributed by atoms with E-state index >= 15 is 0 Å². The summed E-state index contributed by atoms with van der Waals surface area (Å²) in [6.07, 6.45) is 0.0965. The van der Waals surface area contributed by atoms with Gasteiger partial charge in [0, 0.05) is 25.6 Å². The largest absolute Gasteiger partial charge is 0.508 e. The standard InChI is InChI=1S/C22H23F3N2O2/c23-18-6-1-14(11-19(18)24)12-27-10-8-21(22(27)29)26-9-7-17(20(25)13-26)15-2-4-16(28)5-3-15/h1-6,11,17,20-21,28H,7-10,12-13H2/t17-,20+,21?/m0/s1. The lowest BCUT2D eigenvalue weighted by atomic mass is 9.87.